The highest BCUT2D eigenvalue weighted by molar-refractivity contribution is 6.73. The van der Waals surface area contributed by atoms with Crippen molar-refractivity contribution >= 4 is 8.32 Å². The van der Waals surface area contributed by atoms with Crippen LogP contribution in [0.1, 0.15) is 105 Å². The van der Waals surface area contributed by atoms with Gasteiger partial charge in [0.2, 0.25) is 0 Å². The van der Waals surface area contributed by atoms with Crippen LogP contribution in [0.5, 0.6) is 0 Å². The van der Waals surface area contributed by atoms with Crippen molar-refractivity contribution in [2.75, 3.05) is 6.61 Å². The molecule has 0 aromatic rings. The van der Waals surface area contributed by atoms with Crippen molar-refractivity contribution < 1.29 is 4.43 Å². The van der Waals surface area contributed by atoms with Gasteiger partial charge in [-0.15, -0.1) is 0 Å². The lowest BCUT2D eigenvalue weighted by atomic mass is 10.1. The summed E-state index contributed by atoms with van der Waals surface area (Å²) in [7, 11) is -1.47. The van der Waals surface area contributed by atoms with E-state index in [0.717, 1.165) is 6.61 Å². The molecule has 0 fully saturated rings. The molecule has 154 valence electrons. The minimum atomic E-state index is -1.47. The van der Waals surface area contributed by atoms with Gasteiger partial charge in [-0.2, -0.15) is 0 Å². The Balaban J connectivity index is 4.05. The van der Waals surface area contributed by atoms with Gasteiger partial charge in [-0.1, -0.05) is 103 Å². The molecule has 0 spiro atoms. The fraction of sp³-hybridized carbons (Fsp3) is 0.833. The summed E-state index contributed by atoms with van der Waals surface area (Å²) < 4.78 is 6.73. The highest BCUT2D eigenvalue weighted by Gasteiger charge is 2.32. The predicted octanol–water partition coefficient (Wildman–Crippen LogP) is 8.82. The van der Waals surface area contributed by atoms with Crippen LogP contribution in [0.4, 0.5) is 0 Å². The quantitative estimate of drug-likeness (QED) is 0.123. The topological polar surface area (TPSA) is 9.23 Å². The van der Waals surface area contributed by atoms with E-state index < -0.39 is 8.32 Å². The van der Waals surface area contributed by atoms with Crippen molar-refractivity contribution in [2.45, 2.75) is 123 Å². The molecule has 0 unspecified atom stereocenters. The first-order valence-corrected chi connectivity index (χ1v) is 14.2. The van der Waals surface area contributed by atoms with Crippen molar-refractivity contribution in [1.29, 1.82) is 0 Å². The van der Waals surface area contributed by atoms with Gasteiger partial charge in [0.1, 0.15) is 0 Å². The Morgan fingerprint density at radius 1 is 0.654 bits per heavy atom. The van der Waals surface area contributed by atoms with E-state index in [1.807, 2.05) is 0 Å². The third-order valence-corrected chi connectivity index (χ3v) is 9.93. The van der Waals surface area contributed by atoms with Crippen molar-refractivity contribution in [2.24, 2.45) is 0 Å². The molecule has 0 rings (SSSR count). The second kappa shape index (κ2) is 19.4. The summed E-state index contributed by atoms with van der Waals surface area (Å²) in [6.45, 7) is 10.1. The molecule has 0 saturated heterocycles. The molecule has 0 amide bonds. The molecule has 0 aliphatic heterocycles. The maximum Gasteiger partial charge on any atom is 0.192 e. The van der Waals surface area contributed by atoms with Crippen LogP contribution in [-0.2, 0) is 4.43 Å². The lowest BCUT2D eigenvalue weighted by Gasteiger charge is -2.32. The van der Waals surface area contributed by atoms with E-state index in [1.165, 1.54) is 95.2 Å². The molecule has 0 aliphatic rings. The lowest BCUT2D eigenvalue weighted by Crippen LogP contribution is -2.38. The minimum absolute atomic E-state index is 1.03. The molecule has 0 saturated carbocycles. The highest BCUT2D eigenvalue weighted by Crippen LogP contribution is 2.30. The van der Waals surface area contributed by atoms with E-state index in [4.69, 9.17) is 4.43 Å². The Bertz CT molecular complexity index is 313. The third kappa shape index (κ3) is 14.8. The molecular formula is C24H48OSi. The van der Waals surface area contributed by atoms with Gasteiger partial charge in [-0.25, -0.2) is 0 Å². The molecule has 26 heavy (non-hydrogen) atoms. The Morgan fingerprint density at radius 2 is 1.19 bits per heavy atom. The molecule has 0 heterocycles. The Morgan fingerprint density at radius 3 is 1.73 bits per heavy atom. The second-order valence-corrected chi connectivity index (χ2v) is 12.0. The van der Waals surface area contributed by atoms with Crippen LogP contribution in [-0.4, -0.2) is 14.9 Å². The smallest absolute Gasteiger partial charge is 0.192 e. The Kier molecular flexibility index (Phi) is 19.2. The molecule has 0 N–H and O–H groups in total. The van der Waals surface area contributed by atoms with Crippen LogP contribution in [0.15, 0.2) is 24.3 Å². The van der Waals surface area contributed by atoms with Gasteiger partial charge in [-0.3, -0.25) is 0 Å². The Labute approximate surface area is 166 Å². The molecule has 0 aromatic carbocycles. The summed E-state index contributed by atoms with van der Waals surface area (Å²) in [5.74, 6) is 0. The monoisotopic (exact) mass is 380 g/mol. The number of hydrogen-bond donors (Lipinski definition) is 0. The lowest BCUT2D eigenvalue weighted by molar-refractivity contribution is 0.282. The van der Waals surface area contributed by atoms with E-state index in [0.29, 0.717) is 0 Å². The standard InChI is InChI=1S/C24H48OSi/c1-5-9-13-14-15-16-17-18-19-20-21-25-26(22-10-6-2,23-11-7-3)24-12-8-4/h5,9,13-14H,6-8,10-12,15-24H2,1-4H3/b9-5+,14-13+. The maximum absolute atomic E-state index is 6.73. The first kappa shape index (κ1) is 25.7. The van der Waals surface area contributed by atoms with Crippen molar-refractivity contribution in [1.82, 2.24) is 0 Å². The largest absolute Gasteiger partial charge is 0.417 e. The fourth-order valence-corrected chi connectivity index (χ4v) is 8.31. The zero-order valence-electron chi connectivity index (χ0n) is 18.5. The summed E-state index contributed by atoms with van der Waals surface area (Å²) in [4.78, 5) is 0. The van der Waals surface area contributed by atoms with Gasteiger partial charge in [0.05, 0.1) is 0 Å². The van der Waals surface area contributed by atoms with Crippen LogP contribution < -0.4 is 0 Å². The molecule has 0 radical (unpaired) electrons. The average Bonchev–Trinajstić information content (AvgIpc) is 2.66. The molecular weight excluding hydrogens is 332 g/mol. The second-order valence-electron chi connectivity index (χ2n) is 7.85. The number of hydrogen-bond acceptors (Lipinski definition) is 1. The van der Waals surface area contributed by atoms with Gasteiger partial charge in [-0.05, 0) is 44.3 Å². The van der Waals surface area contributed by atoms with Crippen molar-refractivity contribution in [3.63, 3.8) is 0 Å². The minimum Gasteiger partial charge on any atom is -0.417 e. The summed E-state index contributed by atoms with van der Waals surface area (Å²) in [5, 5.41) is 0. The molecule has 2 heteroatoms. The van der Waals surface area contributed by atoms with Gasteiger partial charge in [0.25, 0.3) is 0 Å². The summed E-state index contributed by atoms with van der Waals surface area (Å²) in [6, 6.07) is 4.21. The van der Waals surface area contributed by atoms with E-state index in [9.17, 15) is 0 Å². The summed E-state index contributed by atoms with van der Waals surface area (Å²) in [6.07, 6.45) is 24.6. The first-order chi connectivity index (χ1) is 12.7. The summed E-state index contributed by atoms with van der Waals surface area (Å²) in [5.41, 5.74) is 0. The normalized spacial score (nSPS) is 12.6. The average molecular weight is 381 g/mol. The van der Waals surface area contributed by atoms with E-state index in [-0.39, 0.29) is 0 Å². The third-order valence-electron chi connectivity index (χ3n) is 5.32. The van der Waals surface area contributed by atoms with E-state index in [1.54, 1.807) is 0 Å². The van der Waals surface area contributed by atoms with Gasteiger partial charge >= 0.3 is 0 Å². The SMILES string of the molecule is C/C=C/C=C/CCCCCCCO[Si](CCCC)(CCCC)CCCC. The van der Waals surface area contributed by atoms with Gasteiger partial charge in [0, 0.05) is 6.61 Å². The Hall–Kier alpha value is -0.343. The van der Waals surface area contributed by atoms with Crippen molar-refractivity contribution in [3.8, 4) is 0 Å². The number of unbranched alkanes of at least 4 members (excludes halogenated alkanes) is 8. The zero-order valence-corrected chi connectivity index (χ0v) is 19.5. The van der Waals surface area contributed by atoms with Crippen LogP contribution in [0.3, 0.4) is 0 Å². The number of allylic oxidation sites excluding steroid dienone is 4. The number of rotatable bonds is 19. The molecule has 0 aromatic heterocycles. The van der Waals surface area contributed by atoms with Crippen LogP contribution >= 0.6 is 0 Å². The molecule has 0 aliphatic carbocycles. The predicted molar refractivity (Wildman–Crippen MR) is 123 cm³/mol. The fourth-order valence-electron chi connectivity index (χ4n) is 3.56. The first-order valence-electron chi connectivity index (χ1n) is 11.7. The highest BCUT2D eigenvalue weighted by atomic mass is 28.4. The maximum atomic E-state index is 6.73. The van der Waals surface area contributed by atoms with Crippen LogP contribution in [0.25, 0.3) is 0 Å². The van der Waals surface area contributed by atoms with E-state index >= 15 is 0 Å². The van der Waals surface area contributed by atoms with Crippen LogP contribution in [0, 0.1) is 0 Å². The molecule has 1 nitrogen and oxygen atoms in total. The van der Waals surface area contributed by atoms with Gasteiger partial charge in [0.15, 0.2) is 8.32 Å². The van der Waals surface area contributed by atoms with E-state index in [2.05, 4.69) is 52.0 Å². The zero-order chi connectivity index (χ0) is 19.3. The van der Waals surface area contributed by atoms with Crippen LogP contribution in [0.2, 0.25) is 18.1 Å². The van der Waals surface area contributed by atoms with Gasteiger partial charge < -0.3 is 4.43 Å². The summed E-state index contributed by atoms with van der Waals surface area (Å²) >= 11 is 0. The van der Waals surface area contributed by atoms with Crippen molar-refractivity contribution in [3.05, 3.63) is 24.3 Å². The molecule has 0 bridgehead atoms. The molecule has 0 atom stereocenters.